The molecule has 2 aromatic rings. The van der Waals surface area contributed by atoms with E-state index in [0.717, 1.165) is 6.42 Å². The second kappa shape index (κ2) is 6.70. The van der Waals surface area contributed by atoms with Gasteiger partial charge in [-0.15, -0.1) is 0 Å². The summed E-state index contributed by atoms with van der Waals surface area (Å²) in [5.74, 6) is 0.422. The summed E-state index contributed by atoms with van der Waals surface area (Å²) in [6.07, 6.45) is 3.55. The normalized spacial score (nSPS) is 13.3. The molecule has 1 aliphatic rings. The molecule has 120 valence electrons. The number of nitrogens with two attached hydrogens (primary N) is 1. The van der Waals surface area contributed by atoms with Crippen molar-refractivity contribution < 1.29 is 19.0 Å². The Morgan fingerprint density at radius 3 is 2.87 bits per heavy atom. The van der Waals surface area contributed by atoms with Gasteiger partial charge in [0.15, 0.2) is 23.0 Å². The lowest BCUT2D eigenvalue weighted by Gasteiger charge is -2.12. The molecule has 23 heavy (non-hydrogen) atoms. The highest BCUT2D eigenvalue weighted by atomic mass is 35.5. The van der Waals surface area contributed by atoms with Gasteiger partial charge in [0.2, 0.25) is 0 Å². The molecular formula is C15H14ClN3O4. The highest BCUT2D eigenvalue weighted by Crippen LogP contribution is 2.38. The minimum Gasteiger partial charge on any atom is -0.489 e. The highest BCUT2D eigenvalue weighted by Gasteiger charge is 2.18. The van der Waals surface area contributed by atoms with Crippen LogP contribution in [0.5, 0.6) is 11.5 Å². The smallest absolute Gasteiger partial charge is 0.361 e. The maximum atomic E-state index is 12.0. The lowest BCUT2D eigenvalue weighted by atomic mass is 10.2. The Morgan fingerprint density at radius 2 is 2.04 bits per heavy atom. The van der Waals surface area contributed by atoms with Crippen molar-refractivity contribution in [1.82, 2.24) is 9.97 Å². The summed E-state index contributed by atoms with van der Waals surface area (Å²) in [6.45, 7) is 1.10. The van der Waals surface area contributed by atoms with E-state index in [2.05, 4.69) is 9.97 Å². The summed E-state index contributed by atoms with van der Waals surface area (Å²) >= 11 is 6.19. The number of carbonyl (C=O) groups is 1. The Morgan fingerprint density at radius 1 is 1.26 bits per heavy atom. The first kappa shape index (κ1) is 15.4. The predicted molar refractivity (Wildman–Crippen MR) is 82.6 cm³/mol. The number of hydrogen-bond acceptors (Lipinski definition) is 7. The summed E-state index contributed by atoms with van der Waals surface area (Å²) in [5.41, 5.74) is 6.25. The van der Waals surface area contributed by atoms with E-state index in [1.807, 2.05) is 0 Å². The number of nitrogens with zero attached hydrogens (tertiary/aromatic N) is 2. The minimum atomic E-state index is -0.654. The van der Waals surface area contributed by atoms with Gasteiger partial charge in [0, 0.05) is 18.8 Å². The lowest BCUT2D eigenvalue weighted by Crippen LogP contribution is -2.11. The average molecular weight is 336 g/mol. The van der Waals surface area contributed by atoms with Crippen molar-refractivity contribution in [2.24, 2.45) is 0 Å². The van der Waals surface area contributed by atoms with Crippen LogP contribution in [0.15, 0.2) is 24.5 Å². The van der Waals surface area contributed by atoms with Crippen molar-refractivity contribution in [3.05, 3.63) is 40.8 Å². The third-order valence-corrected chi connectivity index (χ3v) is 3.43. The first-order valence-corrected chi connectivity index (χ1v) is 7.34. The first-order chi connectivity index (χ1) is 11.1. The van der Waals surface area contributed by atoms with Crippen LogP contribution in [0.2, 0.25) is 5.02 Å². The third-order valence-electron chi connectivity index (χ3n) is 3.15. The van der Waals surface area contributed by atoms with E-state index in [9.17, 15) is 4.79 Å². The van der Waals surface area contributed by atoms with Gasteiger partial charge in [0.25, 0.3) is 0 Å². The van der Waals surface area contributed by atoms with Crippen LogP contribution in [0, 0.1) is 0 Å². The Hall–Kier alpha value is -2.54. The number of esters is 1. The molecule has 1 aromatic heterocycles. The van der Waals surface area contributed by atoms with Gasteiger partial charge in [-0.25, -0.2) is 14.8 Å². The first-order valence-electron chi connectivity index (χ1n) is 6.97. The highest BCUT2D eigenvalue weighted by molar-refractivity contribution is 6.32. The molecule has 0 unspecified atom stereocenters. The summed E-state index contributed by atoms with van der Waals surface area (Å²) in [6, 6.07) is 3.40. The number of aromatic nitrogens is 2. The molecule has 0 aliphatic carbocycles. The van der Waals surface area contributed by atoms with Crippen LogP contribution in [0.25, 0.3) is 0 Å². The zero-order chi connectivity index (χ0) is 16.2. The molecule has 2 N–H and O–H groups in total. The van der Waals surface area contributed by atoms with Crippen LogP contribution < -0.4 is 15.2 Å². The van der Waals surface area contributed by atoms with Gasteiger partial charge < -0.3 is 19.9 Å². The number of ether oxygens (including phenoxy) is 3. The molecule has 1 aromatic carbocycles. The standard InChI is InChI=1S/C15H14ClN3O4/c16-10-6-9(7-11-13(10)22-5-1-4-21-11)8-23-15(20)12-14(17)19-3-2-18-12/h2-3,6-7H,1,4-5,8H2,(H2,17,19). The van der Waals surface area contributed by atoms with Crippen molar-refractivity contribution >= 4 is 23.4 Å². The van der Waals surface area contributed by atoms with Crippen molar-refractivity contribution in [3.8, 4) is 11.5 Å². The van der Waals surface area contributed by atoms with Gasteiger partial charge in [-0.2, -0.15) is 0 Å². The fourth-order valence-corrected chi connectivity index (χ4v) is 2.38. The van der Waals surface area contributed by atoms with Crippen LogP contribution in [-0.4, -0.2) is 29.2 Å². The molecule has 0 saturated heterocycles. The van der Waals surface area contributed by atoms with Crippen LogP contribution in [-0.2, 0) is 11.3 Å². The number of nitrogen functional groups attached to an aromatic ring is 1. The Kier molecular flexibility index (Phi) is 4.47. The molecule has 0 atom stereocenters. The maximum absolute atomic E-state index is 12.0. The fraction of sp³-hybridized carbons (Fsp3) is 0.267. The molecule has 1 aliphatic heterocycles. The number of benzene rings is 1. The molecule has 2 heterocycles. The van der Waals surface area contributed by atoms with Crippen molar-refractivity contribution in [2.45, 2.75) is 13.0 Å². The van der Waals surface area contributed by atoms with Crippen LogP contribution in [0.1, 0.15) is 22.5 Å². The van der Waals surface area contributed by atoms with Crippen LogP contribution >= 0.6 is 11.6 Å². The van der Waals surface area contributed by atoms with Gasteiger partial charge in [-0.3, -0.25) is 0 Å². The van der Waals surface area contributed by atoms with Gasteiger partial charge in [0.1, 0.15) is 6.61 Å². The molecule has 0 radical (unpaired) electrons. The molecule has 8 heteroatoms. The van der Waals surface area contributed by atoms with E-state index in [-0.39, 0.29) is 18.1 Å². The number of fused-ring (bicyclic) bond motifs is 1. The topological polar surface area (TPSA) is 96.6 Å². The van der Waals surface area contributed by atoms with E-state index in [4.69, 9.17) is 31.5 Å². The SMILES string of the molecule is Nc1nccnc1C(=O)OCc1cc(Cl)c2c(c1)OCCCO2. The van der Waals surface area contributed by atoms with Gasteiger partial charge >= 0.3 is 5.97 Å². The van der Waals surface area contributed by atoms with Crippen molar-refractivity contribution in [3.63, 3.8) is 0 Å². The second-order valence-corrected chi connectivity index (χ2v) is 5.23. The fourth-order valence-electron chi connectivity index (χ4n) is 2.09. The van der Waals surface area contributed by atoms with Crippen LogP contribution in [0.3, 0.4) is 0 Å². The summed E-state index contributed by atoms with van der Waals surface area (Å²) in [7, 11) is 0. The minimum absolute atomic E-state index is 0.00517. The van der Waals surface area contributed by atoms with E-state index in [1.54, 1.807) is 12.1 Å². The largest absolute Gasteiger partial charge is 0.489 e. The number of carbonyl (C=O) groups excluding carboxylic acids is 1. The van der Waals surface area contributed by atoms with E-state index in [0.29, 0.717) is 35.3 Å². The zero-order valence-corrected chi connectivity index (χ0v) is 12.9. The summed E-state index contributed by atoms with van der Waals surface area (Å²) in [4.78, 5) is 19.6. The van der Waals surface area contributed by atoms with E-state index < -0.39 is 5.97 Å². The zero-order valence-electron chi connectivity index (χ0n) is 12.1. The predicted octanol–water partition coefficient (Wildman–Crippen LogP) is 2.23. The van der Waals surface area contributed by atoms with Gasteiger partial charge in [-0.1, -0.05) is 11.6 Å². The van der Waals surface area contributed by atoms with Crippen molar-refractivity contribution in [1.29, 1.82) is 0 Å². The summed E-state index contributed by atoms with van der Waals surface area (Å²) < 4.78 is 16.3. The maximum Gasteiger partial charge on any atom is 0.361 e. The van der Waals surface area contributed by atoms with E-state index in [1.165, 1.54) is 12.4 Å². The number of halogens is 1. The third kappa shape index (κ3) is 3.45. The molecule has 0 bridgehead atoms. The molecule has 0 spiro atoms. The molecule has 3 rings (SSSR count). The number of anilines is 1. The van der Waals surface area contributed by atoms with Crippen molar-refractivity contribution in [2.75, 3.05) is 18.9 Å². The second-order valence-electron chi connectivity index (χ2n) is 4.82. The lowest BCUT2D eigenvalue weighted by molar-refractivity contribution is 0.0466. The molecule has 0 saturated carbocycles. The Labute approximate surface area is 137 Å². The number of rotatable bonds is 3. The number of hydrogen-bond donors (Lipinski definition) is 1. The quantitative estimate of drug-likeness (QED) is 0.859. The molecule has 7 nitrogen and oxygen atoms in total. The van der Waals surface area contributed by atoms with Gasteiger partial charge in [-0.05, 0) is 17.7 Å². The molecule has 0 fully saturated rings. The molecular weight excluding hydrogens is 322 g/mol. The van der Waals surface area contributed by atoms with Crippen LogP contribution in [0.4, 0.5) is 5.82 Å². The monoisotopic (exact) mass is 335 g/mol. The average Bonchev–Trinajstić information content (AvgIpc) is 2.79. The van der Waals surface area contributed by atoms with Gasteiger partial charge in [0.05, 0.1) is 18.2 Å². The Bertz CT molecular complexity index is 739. The van der Waals surface area contributed by atoms with E-state index >= 15 is 0 Å². The molecule has 0 amide bonds. The summed E-state index contributed by atoms with van der Waals surface area (Å²) in [5, 5.41) is 0.412. The Balaban J connectivity index is 1.74.